The molecule has 0 spiro atoms. The third-order valence-electron chi connectivity index (χ3n) is 8.63. The standard InChI is InChI=1S/C48H82NO7P/c1-6-8-10-12-14-16-18-20-22-23-24-25-26-27-28-29-31-33-35-37-39-41-48(50)56-47(46-55-57(51,52)54-44-42-49(3,4)5)45-53-43-40-38-36-34-32-30-21-19-17-15-13-11-9-7-2/h8-11,14-17,20-22,24-25,27-28,30,47H,6-7,12-13,18-19,23,26,29,31-46H2,1-5H3/b10-8-,11-9-,16-14-,17-15-,22-20-,25-24-,28-27-,30-21-. The second-order valence-corrected chi connectivity index (χ2v) is 16.7. The number of likely N-dealkylation sites (N-methyl/N-ethyl adjacent to an activating group) is 1. The first-order chi connectivity index (χ1) is 27.6. The normalized spacial score (nSPS) is 14.7. The topological polar surface area (TPSA) is 94.1 Å². The van der Waals surface area contributed by atoms with Gasteiger partial charge in [-0.05, 0) is 89.9 Å². The molecule has 0 aromatic carbocycles. The van der Waals surface area contributed by atoms with E-state index in [-0.39, 0.29) is 32.2 Å². The van der Waals surface area contributed by atoms with E-state index in [0.717, 1.165) is 122 Å². The lowest BCUT2D eigenvalue weighted by atomic mass is 10.1. The summed E-state index contributed by atoms with van der Waals surface area (Å²) in [5.41, 5.74) is 0. The van der Waals surface area contributed by atoms with Crippen molar-refractivity contribution in [1.82, 2.24) is 0 Å². The first-order valence-corrected chi connectivity index (χ1v) is 23.4. The summed E-state index contributed by atoms with van der Waals surface area (Å²) >= 11 is 0. The molecule has 2 unspecified atom stereocenters. The van der Waals surface area contributed by atoms with Crippen LogP contribution < -0.4 is 4.89 Å². The van der Waals surface area contributed by atoms with Crippen LogP contribution in [0.25, 0.3) is 0 Å². The van der Waals surface area contributed by atoms with Crippen LogP contribution in [-0.2, 0) is 27.9 Å². The maximum Gasteiger partial charge on any atom is 0.306 e. The van der Waals surface area contributed by atoms with Gasteiger partial charge in [-0.1, -0.05) is 143 Å². The Morgan fingerprint density at radius 2 is 0.965 bits per heavy atom. The van der Waals surface area contributed by atoms with Gasteiger partial charge in [-0.2, -0.15) is 0 Å². The van der Waals surface area contributed by atoms with Crippen LogP contribution in [0.4, 0.5) is 0 Å². The smallest absolute Gasteiger partial charge is 0.306 e. The van der Waals surface area contributed by atoms with Crippen molar-refractivity contribution in [3.05, 3.63) is 97.2 Å². The first-order valence-electron chi connectivity index (χ1n) is 22.0. The molecule has 0 bridgehead atoms. The Morgan fingerprint density at radius 3 is 1.44 bits per heavy atom. The zero-order valence-corrected chi connectivity index (χ0v) is 37.6. The molecule has 57 heavy (non-hydrogen) atoms. The van der Waals surface area contributed by atoms with E-state index in [1.807, 2.05) is 21.1 Å². The summed E-state index contributed by atoms with van der Waals surface area (Å²) in [6.45, 7) is 5.07. The minimum atomic E-state index is -4.54. The highest BCUT2D eigenvalue weighted by Gasteiger charge is 2.20. The molecule has 0 radical (unpaired) electrons. The largest absolute Gasteiger partial charge is 0.756 e. The van der Waals surface area contributed by atoms with Crippen LogP contribution in [-0.4, -0.2) is 70.7 Å². The first kappa shape index (κ1) is 54.4. The Balaban J connectivity index is 4.33. The van der Waals surface area contributed by atoms with E-state index in [1.165, 1.54) is 0 Å². The third kappa shape index (κ3) is 44.4. The van der Waals surface area contributed by atoms with Crippen LogP contribution in [0.15, 0.2) is 97.2 Å². The Bertz CT molecular complexity index is 1230. The van der Waals surface area contributed by atoms with Crippen LogP contribution in [0.5, 0.6) is 0 Å². The zero-order chi connectivity index (χ0) is 42.0. The van der Waals surface area contributed by atoms with Crippen LogP contribution in [0.3, 0.4) is 0 Å². The monoisotopic (exact) mass is 816 g/mol. The zero-order valence-electron chi connectivity index (χ0n) is 36.7. The lowest BCUT2D eigenvalue weighted by Gasteiger charge is -2.28. The van der Waals surface area contributed by atoms with E-state index in [1.54, 1.807) is 0 Å². The summed E-state index contributed by atoms with van der Waals surface area (Å²) in [7, 11) is 1.31. The van der Waals surface area contributed by atoms with Gasteiger partial charge in [-0.15, -0.1) is 0 Å². The van der Waals surface area contributed by atoms with Gasteiger partial charge in [0.2, 0.25) is 0 Å². The third-order valence-corrected chi connectivity index (χ3v) is 9.59. The van der Waals surface area contributed by atoms with Crippen molar-refractivity contribution in [2.24, 2.45) is 0 Å². The summed E-state index contributed by atoms with van der Waals surface area (Å²) < 4.78 is 34.5. The van der Waals surface area contributed by atoms with Gasteiger partial charge in [0.15, 0.2) is 0 Å². The predicted octanol–water partition coefficient (Wildman–Crippen LogP) is 12.4. The van der Waals surface area contributed by atoms with Crippen molar-refractivity contribution >= 4 is 13.8 Å². The van der Waals surface area contributed by atoms with Gasteiger partial charge < -0.3 is 27.9 Å². The Kier molecular flexibility index (Phi) is 38.4. The molecule has 0 aliphatic carbocycles. The number of carbonyl (C=O) groups is 1. The minimum Gasteiger partial charge on any atom is -0.756 e. The number of hydrogen-bond donors (Lipinski definition) is 0. The van der Waals surface area contributed by atoms with Crippen LogP contribution >= 0.6 is 7.82 Å². The van der Waals surface area contributed by atoms with E-state index in [4.69, 9.17) is 18.5 Å². The number of rotatable bonds is 39. The molecule has 0 aromatic heterocycles. The molecule has 0 aromatic rings. The molecular formula is C48H82NO7P. The number of phosphoric ester groups is 1. The fourth-order valence-electron chi connectivity index (χ4n) is 5.29. The summed E-state index contributed by atoms with van der Waals surface area (Å²) in [4.78, 5) is 25.1. The molecule has 0 aliphatic heterocycles. The molecule has 0 amide bonds. The van der Waals surface area contributed by atoms with Crippen molar-refractivity contribution in [3.63, 3.8) is 0 Å². The van der Waals surface area contributed by atoms with Crippen LogP contribution in [0.2, 0.25) is 0 Å². The quantitative estimate of drug-likeness (QED) is 0.0200. The Hall–Kier alpha value is -2.58. The molecule has 326 valence electrons. The average molecular weight is 816 g/mol. The fourth-order valence-corrected chi connectivity index (χ4v) is 6.02. The minimum absolute atomic E-state index is 0.0112. The second kappa shape index (κ2) is 40.2. The van der Waals surface area contributed by atoms with Crippen LogP contribution in [0.1, 0.15) is 142 Å². The second-order valence-electron chi connectivity index (χ2n) is 15.3. The van der Waals surface area contributed by atoms with Crippen LogP contribution in [0, 0.1) is 0 Å². The lowest BCUT2D eigenvalue weighted by molar-refractivity contribution is -0.870. The highest BCUT2D eigenvalue weighted by molar-refractivity contribution is 7.45. The van der Waals surface area contributed by atoms with E-state index < -0.39 is 13.9 Å². The number of esters is 1. The predicted molar refractivity (Wildman–Crippen MR) is 240 cm³/mol. The van der Waals surface area contributed by atoms with Crippen molar-refractivity contribution in [2.45, 2.75) is 148 Å². The molecular weight excluding hydrogens is 734 g/mol. The number of unbranched alkanes of at least 4 members (excludes halogenated alkanes) is 9. The summed E-state index contributed by atoms with van der Waals surface area (Å²) in [6, 6.07) is 0. The number of nitrogens with zero attached hydrogens (tertiary/aromatic N) is 1. The number of quaternary nitrogens is 1. The molecule has 2 atom stereocenters. The van der Waals surface area contributed by atoms with Gasteiger partial charge in [-0.25, -0.2) is 0 Å². The van der Waals surface area contributed by atoms with E-state index in [2.05, 4.69) is 111 Å². The molecule has 0 aliphatic rings. The van der Waals surface area contributed by atoms with Crippen molar-refractivity contribution in [3.8, 4) is 0 Å². The maximum absolute atomic E-state index is 12.7. The van der Waals surface area contributed by atoms with E-state index in [9.17, 15) is 14.3 Å². The van der Waals surface area contributed by atoms with Gasteiger partial charge in [0.25, 0.3) is 7.82 Å². The fraction of sp³-hybridized carbons (Fsp3) is 0.646. The van der Waals surface area contributed by atoms with Gasteiger partial charge in [-0.3, -0.25) is 9.36 Å². The van der Waals surface area contributed by atoms with Gasteiger partial charge in [0, 0.05) is 13.0 Å². The molecule has 8 nitrogen and oxygen atoms in total. The summed E-state index contributed by atoms with van der Waals surface area (Å²) in [5.74, 6) is -0.366. The van der Waals surface area contributed by atoms with Gasteiger partial charge >= 0.3 is 5.97 Å². The number of phosphoric acid groups is 1. The lowest BCUT2D eigenvalue weighted by Crippen LogP contribution is -2.37. The molecule has 9 heteroatoms. The molecule has 0 saturated heterocycles. The Labute approximate surface area is 349 Å². The summed E-state index contributed by atoms with van der Waals surface area (Å²) in [6.07, 6.45) is 54.2. The van der Waals surface area contributed by atoms with Crippen molar-refractivity contribution < 1.29 is 37.3 Å². The average Bonchev–Trinajstić information content (AvgIpc) is 3.16. The maximum atomic E-state index is 12.7. The summed E-state index contributed by atoms with van der Waals surface area (Å²) in [5, 5.41) is 0. The van der Waals surface area contributed by atoms with E-state index >= 15 is 0 Å². The van der Waals surface area contributed by atoms with E-state index in [0.29, 0.717) is 17.6 Å². The molecule has 0 saturated carbocycles. The number of carbonyl (C=O) groups excluding carboxylic acids is 1. The van der Waals surface area contributed by atoms with Gasteiger partial charge in [0.1, 0.15) is 19.3 Å². The van der Waals surface area contributed by atoms with Crippen molar-refractivity contribution in [1.29, 1.82) is 0 Å². The molecule has 0 rings (SSSR count). The Morgan fingerprint density at radius 1 is 0.544 bits per heavy atom. The highest BCUT2D eigenvalue weighted by atomic mass is 31.2. The SMILES string of the molecule is CC/C=C\C/C=C\C/C=C\C/C=C\C/C=C\CCCCCCCC(=O)OC(COCCCCCC/C=C\C/C=C\C/C=C\CC)COP(=O)([O-])OCC[N+](C)(C)C. The molecule has 0 N–H and O–H groups in total. The molecule has 0 fully saturated rings. The highest BCUT2D eigenvalue weighted by Crippen LogP contribution is 2.38. The number of allylic oxidation sites excluding steroid dienone is 16. The molecule has 0 heterocycles. The van der Waals surface area contributed by atoms with Gasteiger partial charge in [0.05, 0.1) is 34.4 Å². The number of ether oxygens (including phenoxy) is 2. The number of hydrogen-bond acceptors (Lipinski definition) is 7. The van der Waals surface area contributed by atoms with Crippen molar-refractivity contribution in [2.75, 3.05) is 54.1 Å².